The highest BCUT2D eigenvalue weighted by molar-refractivity contribution is 5.82. The molecule has 0 aliphatic carbocycles. The van der Waals surface area contributed by atoms with E-state index >= 15 is 0 Å². The Kier molecular flexibility index (Phi) is 3.67. The van der Waals surface area contributed by atoms with Crippen LogP contribution < -0.4 is 11.5 Å². The molecule has 0 aromatic heterocycles. The number of hydrogen-bond donors (Lipinski definition) is 3. The van der Waals surface area contributed by atoms with E-state index in [0.717, 1.165) is 6.21 Å². The molecule has 16 heavy (non-hydrogen) atoms. The maximum Gasteiger partial charge on any atom is 0.161 e. The third-order valence-corrected chi connectivity index (χ3v) is 2.05. The van der Waals surface area contributed by atoms with Gasteiger partial charge in [-0.15, -0.1) is 0 Å². The Hall–Kier alpha value is -2.28. The zero-order valence-electron chi connectivity index (χ0n) is 8.84. The molecule has 0 aliphatic heterocycles. The molecular formula is C12H12FN3. The lowest BCUT2D eigenvalue weighted by Gasteiger charge is -2.02. The molecule has 1 aromatic carbocycles. The molecule has 82 valence electrons. The average Bonchev–Trinajstić information content (AvgIpc) is 2.29. The SMILES string of the molecule is Cc1ccc(N)c(F)c1C#C/C(C=N)=C/N. The summed E-state index contributed by atoms with van der Waals surface area (Å²) in [4.78, 5) is 0. The third-order valence-electron chi connectivity index (χ3n) is 2.05. The first-order chi connectivity index (χ1) is 7.60. The van der Waals surface area contributed by atoms with Crippen molar-refractivity contribution in [2.24, 2.45) is 5.73 Å². The maximum atomic E-state index is 13.6. The van der Waals surface area contributed by atoms with Gasteiger partial charge in [-0.2, -0.15) is 0 Å². The van der Waals surface area contributed by atoms with Crippen LogP contribution in [-0.2, 0) is 0 Å². The largest absolute Gasteiger partial charge is 0.404 e. The molecule has 5 N–H and O–H groups in total. The number of benzene rings is 1. The van der Waals surface area contributed by atoms with Crippen LogP contribution in [0, 0.1) is 30.0 Å². The number of halogens is 1. The molecule has 0 aliphatic rings. The van der Waals surface area contributed by atoms with Crippen molar-refractivity contribution in [2.75, 3.05) is 5.73 Å². The summed E-state index contributed by atoms with van der Waals surface area (Å²) in [6.45, 7) is 1.74. The van der Waals surface area contributed by atoms with Crippen molar-refractivity contribution < 1.29 is 4.39 Å². The number of aryl methyl sites for hydroxylation is 1. The summed E-state index contributed by atoms with van der Waals surface area (Å²) in [5.74, 6) is 4.68. The van der Waals surface area contributed by atoms with Crippen molar-refractivity contribution >= 4 is 11.9 Å². The van der Waals surface area contributed by atoms with Crippen molar-refractivity contribution in [3.63, 3.8) is 0 Å². The van der Waals surface area contributed by atoms with Gasteiger partial charge < -0.3 is 16.9 Å². The fraction of sp³-hybridized carbons (Fsp3) is 0.0833. The van der Waals surface area contributed by atoms with Gasteiger partial charge in [0.05, 0.1) is 16.8 Å². The minimum Gasteiger partial charge on any atom is -0.404 e. The Balaban J connectivity index is 3.25. The summed E-state index contributed by atoms with van der Waals surface area (Å²) in [5, 5.41) is 6.98. The topological polar surface area (TPSA) is 75.9 Å². The number of nitrogens with two attached hydrogens (primary N) is 2. The Bertz CT molecular complexity index is 507. The third kappa shape index (κ3) is 2.39. The van der Waals surface area contributed by atoms with Crippen molar-refractivity contribution in [3.05, 3.63) is 40.8 Å². The summed E-state index contributed by atoms with van der Waals surface area (Å²) in [6.07, 6.45) is 2.20. The van der Waals surface area contributed by atoms with Crippen LogP contribution in [0.2, 0.25) is 0 Å². The molecule has 0 atom stereocenters. The Labute approximate surface area is 93.5 Å². The van der Waals surface area contributed by atoms with E-state index in [4.69, 9.17) is 16.9 Å². The molecule has 0 radical (unpaired) electrons. The molecule has 0 spiro atoms. The number of rotatable bonds is 1. The van der Waals surface area contributed by atoms with E-state index in [1.54, 1.807) is 13.0 Å². The minimum absolute atomic E-state index is 0.0584. The van der Waals surface area contributed by atoms with Gasteiger partial charge in [0.2, 0.25) is 0 Å². The lowest BCUT2D eigenvalue weighted by atomic mass is 10.1. The summed E-state index contributed by atoms with van der Waals surface area (Å²) in [7, 11) is 0. The second-order valence-electron chi connectivity index (χ2n) is 3.18. The van der Waals surface area contributed by atoms with E-state index in [9.17, 15) is 4.39 Å². The van der Waals surface area contributed by atoms with Gasteiger partial charge in [-0.1, -0.05) is 17.9 Å². The number of allylic oxidation sites excluding steroid dienone is 1. The molecule has 0 saturated carbocycles. The highest BCUT2D eigenvalue weighted by Crippen LogP contribution is 2.17. The van der Waals surface area contributed by atoms with E-state index in [-0.39, 0.29) is 11.3 Å². The number of anilines is 1. The zero-order valence-corrected chi connectivity index (χ0v) is 8.84. The standard InChI is InChI=1S/C12H12FN3/c1-8-2-5-11(16)12(13)10(8)4-3-9(6-14)7-15/h2,5-7,14H,15-16H2,1H3/b9-7-,14-6?. The molecule has 0 fully saturated rings. The Morgan fingerprint density at radius 2 is 2.19 bits per heavy atom. The van der Waals surface area contributed by atoms with E-state index in [1.165, 1.54) is 12.3 Å². The Morgan fingerprint density at radius 3 is 2.75 bits per heavy atom. The molecule has 1 aromatic rings. The normalized spacial score (nSPS) is 10.5. The summed E-state index contributed by atoms with van der Waals surface area (Å²) >= 11 is 0. The van der Waals surface area contributed by atoms with Gasteiger partial charge in [0.15, 0.2) is 5.82 Å². The van der Waals surface area contributed by atoms with E-state index < -0.39 is 5.82 Å². The number of nitrogens with one attached hydrogen (secondary N) is 1. The first-order valence-electron chi connectivity index (χ1n) is 4.59. The molecular weight excluding hydrogens is 205 g/mol. The molecule has 4 heteroatoms. The highest BCUT2D eigenvalue weighted by Gasteiger charge is 2.06. The van der Waals surface area contributed by atoms with Gasteiger partial charge in [-0.25, -0.2) is 4.39 Å². The second-order valence-corrected chi connectivity index (χ2v) is 3.18. The zero-order chi connectivity index (χ0) is 12.1. The molecule has 0 unspecified atom stereocenters. The molecule has 3 nitrogen and oxygen atoms in total. The fourth-order valence-electron chi connectivity index (χ4n) is 1.10. The lowest BCUT2D eigenvalue weighted by Crippen LogP contribution is -1.96. The smallest absolute Gasteiger partial charge is 0.161 e. The van der Waals surface area contributed by atoms with Crippen LogP contribution >= 0.6 is 0 Å². The number of hydrogen-bond acceptors (Lipinski definition) is 3. The van der Waals surface area contributed by atoms with Crippen molar-refractivity contribution in [1.82, 2.24) is 0 Å². The van der Waals surface area contributed by atoms with Crippen LogP contribution in [0.5, 0.6) is 0 Å². The summed E-state index contributed by atoms with van der Waals surface area (Å²) < 4.78 is 13.6. The monoisotopic (exact) mass is 217 g/mol. The average molecular weight is 217 g/mol. The second kappa shape index (κ2) is 4.99. The Morgan fingerprint density at radius 1 is 1.50 bits per heavy atom. The van der Waals surface area contributed by atoms with Crippen LogP contribution in [0.25, 0.3) is 0 Å². The first kappa shape index (κ1) is 11.8. The van der Waals surface area contributed by atoms with E-state index in [2.05, 4.69) is 11.8 Å². The predicted molar refractivity (Wildman–Crippen MR) is 63.5 cm³/mol. The van der Waals surface area contributed by atoms with Gasteiger partial charge in [-0.3, -0.25) is 0 Å². The van der Waals surface area contributed by atoms with E-state index in [0.29, 0.717) is 11.1 Å². The molecule has 0 saturated heterocycles. The van der Waals surface area contributed by atoms with Gasteiger partial charge >= 0.3 is 0 Å². The molecule has 0 heterocycles. The van der Waals surface area contributed by atoms with Crippen LogP contribution in [0.15, 0.2) is 23.9 Å². The fourth-order valence-corrected chi connectivity index (χ4v) is 1.10. The van der Waals surface area contributed by atoms with Crippen molar-refractivity contribution in [1.29, 1.82) is 5.41 Å². The summed E-state index contributed by atoms with van der Waals surface area (Å²) in [5.41, 5.74) is 12.0. The highest BCUT2D eigenvalue weighted by atomic mass is 19.1. The van der Waals surface area contributed by atoms with Crippen molar-refractivity contribution in [2.45, 2.75) is 6.92 Å². The predicted octanol–water partition coefficient (Wildman–Crippen LogP) is 1.56. The van der Waals surface area contributed by atoms with Crippen molar-refractivity contribution in [3.8, 4) is 11.8 Å². The maximum absolute atomic E-state index is 13.6. The summed E-state index contributed by atoms with van der Waals surface area (Å²) in [6, 6.07) is 3.19. The first-order valence-corrected chi connectivity index (χ1v) is 4.59. The molecule has 0 bridgehead atoms. The molecule has 0 amide bonds. The molecule has 1 rings (SSSR count). The lowest BCUT2D eigenvalue weighted by molar-refractivity contribution is 0.628. The van der Waals surface area contributed by atoms with Crippen LogP contribution in [0.3, 0.4) is 0 Å². The van der Waals surface area contributed by atoms with Crippen LogP contribution in [0.4, 0.5) is 10.1 Å². The quantitative estimate of drug-likeness (QED) is 0.379. The van der Waals surface area contributed by atoms with Gasteiger partial charge in [0.1, 0.15) is 0 Å². The minimum atomic E-state index is -0.533. The van der Waals surface area contributed by atoms with Crippen LogP contribution in [0.1, 0.15) is 11.1 Å². The van der Waals surface area contributed by atoms with Gasteiger partial charge in [-0.05, 0) is 18.6 Å². The van der Waals surface area contributed by atoms with E-state index in [1.807, 2.05) is 0 Å². The van der Waals surface area contributed by atoms with Gasteiger partial charge in [0.25, 0.3) is 0 Å². The van der Waals surface area contributed by atoms with Gasteiger partial charge in [0, 0.05) is 12.4 Å². The number of nitrogen functional groups attached to an aromatic ring is 1. The van der Waals surface area contributed by atoms with Crippen LogP contribution in [-0.4, -0.2) is 6.21 Å².